The number of hydrogen-bond acceptors (Lipinski definition) is 4. The maximum Gasteiger partial charge on any atom is 0.150 e. The Bertz CT molecular complexity index is 378. The number of thioether (sulfide) groups is 1. The van der Waals surface area contributed by atoms with Crippen molar-refractivity contribution in [2.24, 2.45) is 5.73 Å². The van der Waals surface area contributed by atoms with E-state index in [-0.39, 0.29) is 0 Å². The van der Waals surface area contributed by atoms with E-state index in [1.807, 2.05) is 11.8 Å². The van der Waals surface area contributed by atoms with E-state index in [4.69, 9.17) is 5.73 Å². The second kappa shape index (κ2) is 9.06. The Morgan fingerprint density at radius 2 is 1.65 bits per heavy atom. The molecule has 1 heterocycles. The van der Waals surface area contributed by atoms with Gasteiger partial charge in [-0.25, -0.2) is 4.98 Å². The molecule has 4 heteroatoms. The molecule has 0 amide bonds. The van der Waals surface area contributed by atoms with Gasteiger partial charge in [0.2, 0.25) is 0 Å². The average molecular weight is 313 g/mol. The summed E-state index contributed by atoms with van der Waals surface area (Å²) in [6.45, 7) is 2.07. The first-order valence-corrected chi connectivity index (χ1v) is 9.86. The highest BCUT2D eigenvalue weighted by Gasteiger charge is 2.20. The first-order chi connectivity index (χ1) is 9.75. The number of thiazole rings is 1. The predicted molar refractivity (Wildman–Crippen MR) is 90.6 cm³/mol. The third-order valence-electron chi connectivity index (χ3n) is 4.10. The fraction of sp³-hybridized carbons (Fsp3) is 0.812. The van der Waals surface area contributed by atoms with Gasteiger partial charge in [-0.05, 0) is 19.8 Å². The molecule has 20 heavy (non-hydrogen) atoms. The van der Waals surface area contributed by atoms with Crippen molar-refractivity contribution in [2.45, 2.75) is 86.8 Å². The van der Waals surface area contributed by atoms with Crippen molar-refractivity contribution in [1.29, 1.82) is 0 Å². The molecule has 0 saturated heterocycles. The van der Waals surface area contributed by atoms with Crippen LogP contribution >= 0.6 is 23.1 Å². The van der Waals surface area contributed by atoms with Gasteiger partial charge in [-0.3, -0.25) is 0 Å². The number of rotatable bonds is 2. The molecule has 2 unspecified atom stereocenters. The van der Waals surface area contributed by atoms with Crippen LogP contribution in [0.2, 0.25) is 0 Å². The van der Waals surface area contributed by atoms with Gasteiger partial charge >= 0.3 is 0 Å². The highest BCUT2D eigenvalue weighted by molar-refractivity contribution is 8.01. The molecule has 1 aromatic heterocycles. The second-order valence-electron chi connectivity index (χ2n) is 5.98. The second-order valence-corrected chi connectivity index (χ2v) is 8.33. The molecule has 2 N–H and O–H groups in total. The predicted octanol–water partition coefficient (Wildman–Crippen LogP) is 5.15. The molecule has 1 aliphatic rings. The smallest absolute Gasteiger partial charge is 0.150 e. The van der Waals surface area contributed by atoms with E-state index in [9.17, 15) is 0 Å². The van der Waals surface area contributed by atoms with Crippen LogP contribution in [0.25, 0.3) is 0 Å². The SMILES string of the molecule is Cc1csc(SC2CCCCCCCCCCC2N)n1. The Balaban J connectivity index is 1.90. The van der Waals surface area contributed by atoms with Gasteiger partial charge in [0.1, 0.15) is 4.34 Å². The minimum Gasteiger partial charge on any atom is -0.327 e. The van der Waals surface area contributed by atoms with Gasteiger partial charge in [0.25, 0.3) is 0 Å². The van der Waals surface area contributed by atoms with Crippen LogP contribution < -0.4 is 5.73 Å². The molecule has 0 bridgehead atoms. The standard InChI is InChI=1S/C16H28N2S2/c1-13-12-19-16(18-13)20-15-11-9-7-5-3-2-4-6-8-10-14(15)17/h12,14-15H,2-11,17H2,1H3. The van der Waals surface area contributed by atoms with E-state index >= 15 is 0 Å². The van der Waals surface area contributed by atoms with Crippen molar-refractivity contribution >= 4 is 23.1 Å². The van der Waals surface area contributed by atoms with Crippen molar-refractivity contribution in [2.75, 3.05) is 0 Å². The summed E-state index contributed by atoms with van der Waals surface area (Å²) >= 11 is 3.70. The van der Waals surface area contributed by atoms with Gasteiger partial charge in [-0.15, -0.1) is 11.3 Å². The minimum atomic E-state index is 0.337. The molecule has 2 nitrogen and oxygen atoms in total. The zero-order chi connectivity index (χ0) is 14.2. The van der Waals surface area contributed by atoms with Crippen molar-refractivity contribution in [3.05, 3.63) is 11.1 Å². The van der Waals surface area contributed by atoms with Gasteiger partial charge < -0.3 is 5.73 Å². The summed E-state index contributed by atoms with van der Waals surface area (Å²) in [4.78, 5) is 4.59. The van der Waals surface area contributed by atoms with Gasteiger partial charge in [0.15, 0.2) is 0 Å². The van der Waals surface area contributed by atoms with Gasteiger partial charge in [0.05, 0.1) is 0 Å². The summed E-state index contributed by atoms with van der Waals surface area (Å²) in [5.74, 6) is 0. The number of aromatic nitrogens is 1. The Labute approximate surface area is 131 Å². The molecule has 2 atom stereocenters. The lowest BCUT2D eigenvalue weighted by molar-refractivity contribution is 0.473. The van der Waals surface area contributed by atoms with Crippen LogP contribution in [0.1, 0.15) is 69.9 Å². The lowest BCUT2D eigenvalue weighted by Crippen LogP contribution is -2.32. The van der Waals surface area contributed by atoms with E-state index in [1.54, 1.807) is 11.3 Å². The van der Waals surface area contributed by atoms with E-state index in [0.29, 0.717) is 11.3 Å². The molecule has 1 aromatic rings. The third kappa shape index (κ3) is 5.74. The maximum absolute atomic E-state index is 6.47. The third-order valence-corrected chi connectivity index (χ3v) is 6.61. The minimum absolute atomic E-state index is 0.337. The number of hydrogen-bond donors (Lipinski definition) is 1. The Morgan fingerprint density at radius 1 is 1.05 bits per heavy atom. The van der Waals surface area contributed by atoms with Crippen molar-refractivity contribution < 1.29 is 0 Å². The first kappa shape index (κ1) is 16.3. The van der Waals surface area contributed by atoms with Crippen LogP contribution in [0.5, 0.6) is 0 Å². The van der Waals surface area contributed by atoms with Crippen LogP contribution in [0.4, 0.5) is 0 Å². The zero-order valence-corrected chi connectivity index (χ0v) is 14.3. The van der Waals surface area contributed by atoms with E-state index < -0.39 is 0 Å². The van der Waals surface area contributed by atoms with Crippen LogP contribution in [0, 0.1) is 6.92 Å². The van der Waals surface area contributed by atoms with Gasteiger partial charge in [-0.2, -0.15) is 0 Å². The summed E-state index contributed by atoms with van der Waals surface area (Å²) in [6.07, 6.45) is 13.5. The van der Waals surface area contributed by atoms with Crippen molar-refractivity contribution in [3.8, 4) is 0 Å². The monoisotopic (exact) mass is 312 g/mol. The molecule has 1 saturated carbocycles. The Morgan fingerprint density at radius 3 is 2.25 bits per heavy atom. The lowest BCUT2D eigenvalue weighted by Gasteiger charge is -2.23. The first-order valence-electron chi connectivity index (χ1n) is 8.10. The number of aryl methyl sites for hydroxylation is 1. The van der Waals surface area contributed by atoms with Gasteiger partial charge in [-0.1, -0.05) is 63.1 Å². The molecular weight excluding hydrogens is 284 g/mol. The van der Waals surface area contributed by atoms with Gasteiger partial charge in [0, 0.05) is 22.4 Å². The lowest BCUT2D eigenvalue weighted by atomic mass is 9.98. The summed E-state index contributed by atoms with van der Waals surface area (Å²) in [7, 11) is 0. The van der Waals surface area contributed by atoms with Crippen molar-refractivity contribution in [1.82, 2.24) is 4.98 Å². The van der Waals surface area contributed by atoms with E-state index in [2.05, 4.69) is 17.3 Å². The number of nitrogens with zero attached hydrogens (tertiary/aromatic N) is 1. The largest absolute Gasteiger partial charge is 0.327 e. The highest BCUT2D eigenvalue weighted by atomic mass is 32.2. The molecule has 1 aliphatic carbocycles. The van der Waals surface area contributed by atoms with Crippen LogP contribution in [0.3, 0.4) is 0 Å². The van der Waals surface area contributed by atoms with E-state index in [1.165, 1.54) is 68.5 Å². The van der Waals surface area contributed by atoms with Crippen molar-refractivity contribution in [3.63, 3.8) is 0 Å². The molecule has 0 aromatic carbocycles. The van der Waals surface area contributed by atoms with E-state index in [0.717, 1.165) is 5.69 Å². The molecule has 1 fully saturated rings. The normalized spacial score (nSPS) is 26.7. The molecule has 0 aliphatic heterocycles. The molecule has 114 valence electrons. The summed E-state index contributed by atoms with van der Waals surface area (Å²) < 4.78 is 1.20. The van der Waals surface area contributed by atoms with Crippen LogP contribution in [-0.4, -0.2) is 16.3 Å². The maximum atomic E-state index is 6.47. The molecule has 0 radical (unpaired) electrons. The average Bonchev–Trinajstić information content (AvgIpc) is 2.83. The quantitative estimate of drug-likeness (QED) is 0.820. The van der Waals surface area contributed by atoms with Crippen LogP contribution in [0.15, 0.2) is 9.72 Å². The highest BCUT2D eigenvalue weighted by Crippen LogP contribution is 2.32. The molecule has 0 spiro atoms. The Hall–Kier alpha value is -0.0600. The molecular formula is C16H28N2S2. The summed E-state index contributed by atoms with van der Waals surface area (Å²) in [6, 6.07) is 0.337. The fourth-order valence-electron chi connectivity index (χ4n) is 2.85. The summed E-state index contributed by atoms with van der Waals surface area (Å²) in [5, 5.41) is 2.70. The molecule has 2 rings (SSSR count). The number of nitrogens with two attached hydrogens (primary N) is 1. The summed E-state index contributed by atoms with van der Waals surface area (Å²) in [5.41, 5.74) is 7.61. The van der Waals surface area contributed by atoms with Crippen LogP contribution in [-0.2, 0) is 0 Å². The topological polar surface area (TPSA) is 38.9 Å². The zero-order valence-electron chi connectivity index (χ0n) is 12.6. The fourth-order valence-corrected chi connectivity index (χ4v) is 5.16. The Kier molecular flexibility index (Phi) is 7.39.